The molecule has 0 unspecified atom stereocenters. The number of carbonyl (C=O) groups excluding carboxylic acids is 2. The van der Waals surface area contributed by atoms with Crippen LogP contribution in [0.5, 0.6) is 0 Å². The van der Waals surface area contributed by atoms with Gasteiger partial charge in [-0.1, -0.05) is 18.2 Å². The lowest BCUT2D eigenvalue weighted by atomic mass is 10.1. The SMILES string of the molecule is CNC(=O)C(=O)NCCc1c[nH]c2ccccc12. The molecule has 0 bridgehead atoms. The smallest absolute Gasteiger partial charge is 0.309 e. The molecule has 2 rings (SSSR count). The van der Waals surface area contributed by atoms with Crippen molar-refractivity contribution in [3.63, 3.8) is 0 Å². The van der Waals surface area contributed by atoms with Crippen molar-refractivity contribution < 1.29 is 9.59 Å². The summed E-state index contributed by atoms with van der Waals surface area (Å²) in [5.41, 5.74) is 2.20. The van der Waals surface area contributed by atoms with Gasteiger partial charge in [0, 0.05) is 30.7 Å². The monoisotopic (exact) mass is 245 g/mol. The number of hydrogen-bond donors (Lipinski definition) is 3. The number of H-pyrrole nitrogens is 1. The third kappa shape index (κ3) is 2.51. The number of para-hydroxylation sites is 1. The van der Waals surface area contributed by atoms with E-state index in [1.807, 2.05) is 30.5 Å². The van der Waals surface area contributed by atoms with E-state index < -0.39 is 11.8 Å². The molecule has 5 heteroatoms. The molecule has 0 spiro atoms. The molecule has 1 heterocycles. The topological polar surface area (TPSA) is 74.0 Å². The highest BCUT2D eigenvalue weighted by atomic mass is 16.2. The second kappa shape index (κ2) is 5.35. The highest BCUT2D eigenvalue weighted by Crippen LogP contribution is 2.17. The van der Waals surface area contributed by atoms with Crippen LogP contribution in [0.15, 0.2) is 30.5 Å². The molecule has 0 aliphatic heterocycles. The van der Waals surface area contributed by atoms with Gasteiger partial charge in [0.15, 0.2) is 0 Å². The minimum absolute atomic E-state index is 0.439. The molecule has 0 aliphatic rings. The number of hydrogen-bond acceptors (Lipinski definition) is 2. The Hall–Kier alpha value is -2.30. The molecule has 2 aromatic rings. The summed E-state index contributed by atoms with van der Waals surface area (Å²) in [4.78, 5) is 25.4. The number of amides is 2. The average molecular weight is 245 g/mol. The first-order valence-corrected chi connectivity index (χ1v) is 5.77. The van der Waals surface area contributed by atoms with Crippen LogP contribution in [0.25, 0.3) is 10.9 Å². The quantitative estimate of drug-likeness (QED) is 0.692. The second-order valence-corrected chi connectivity index (χ2v) is 3.94. The van der Waals surface area contributed by atoms with Gasteiger partial charge in [0.25, 0.3) is 0 Å². The van der Waals surface area contributed by atoms with Gasteiger partial charge in [0.2, 0.25) is 0 Å². The largest absolute Gasteiger partial charge is 0.361 e. The maximum atomic E-state index is 11.2. The Morgan fingerprint density at radius 3 is 2.78 bits per heavy atom. The molecule has 0 atom stereocenters. The van der Waals surface area contributed by atoms with E-state index in [1.165, 1.54) is 7.05 Å². The summed E-state index contributed by atoms with van der Waals surface area (Å²) in [6.07, 6.45) is 2.61. The first-order valence-electron chi connectivity index (χ1n) is 5.77. The van der Waals surface area contributed by atoms with Crippen LogP contribution < -0.4 is 10.6 Å². The molecule has 0 aliphatic carbocycles. The molecule has 5 nitrogen and oxygen atoms in total. The number of nitrogens with one attached hydrogen (secondary N) is 3. The minimum atomic E-state index is -0.617. The third-order valence-electron chi connectivity index (χ3n) is 2.79. The predicted octanol–water partition coefficient (Wildman–Crippen LogP) is 0.573. The Bertz CT molecular complexity index is 574. The van der Waals surface area contributed by atoms with Gasteiger partial charge >= 0.3 is 11.8 Å². The molecule has 2 amide bonds. The van der Waals surface area contributed by atoms with Crippen LogP contribution in [0.4, 0.5) is 0 Å². The van der Waals surface area contributed by atoms with E-state index in [0.717, 1.165) is 16.5 Å². The molecular formula is C13H15N3O2. The van der Waals surface area contributed by atoms with Crippen LogP contribution in [-0.2, 0) is 16.0 Å². The number of rotatable bonds is 3. The van der Waals surface area contributed by atoms with Crippen molar-refractivity contribution in [3.05, 3.63) is 36.0 Å². The molecule has 3 N–H and O–H groups in total. The van der Waals surface area contributed by atoms with Crippen molar-refractivity contribution in [2.45, 2.75) is 6.42 Å². The molecule has 1 aromatic heterocycles. The molecule has 18 heavy (non-hydrogen) atoms. The highest BCUT2D eigenvalue weighted by molar-refractivity contribution is 6.35. The maximum Gasteiger partial charge on any atom is 0.309 e. The van der Waals surface area contributed by atoms with Crippen LogP contribution in [0.1, 0.15) is 5.56 Å². The Labute approximate surface area is 105 Å². The van der Waals surface area contributed by atoms with E-state index in [9.17, 15) is 9.59 Å². The molecule has 0 fully saturated rings. The molecule has 0 radical (unpaired) electrons. The van der Waals surface area contributed by atoms with Crippen LogP contribution in [0, 0.1) is 0 Å². The van der Waals surface area contributed by atoms with Crippen molar-refractivity contribution in [2.24, 2.45) is 0 Å². The fourth-order valence-corrected chi connectivity index (χ4v) is 1.84. The molecular weight excluding hydrogens is 230 g/mol. The number of carbonyl (C=O) groups is 2. The number of aromatic amines is 1. The van der Waals surface area contributed by atoms with E-state index in [0.29, 0.717) is 13.0 Å². The van der Waals surface area contributed by atoms with Crippen molar-refractivity contribution in [1.82, 2.24) is 15.6 Å². The molecule has 1 aromatic carbocycles. The zero-order chi connectivity index (χ0) is 13.0. The molecule has 0 saturated heterocycles. The zero-order valence-electron chi connectivity index (χ0n) is 10.1. The van der Waals surface area contributed by atoms with E-state index in [1.54, 1.807) is 0 Å². The van der Waals surface area contributed by atoms with Crippen LogP contribution in [0.3, 0.4) is 0 Å². The minimum Gasteiger partial charge on any atom is -0.361 e. The van der Waals surface area contributed by atoms with Gasteiger partial charge in [0.1, 0.15) is 0 Å². The number of benzene rings is 1. The summed E-state index contributed by atoms with van der Waals surface area (Å²) in [5.74, 6) is -1.22. The van der Waals surface area contributed by atoms with Gasteiger partial charge in [-0.25, -0.2) is 0 Å². The van der Waals surface area contributed by atoms with Gasteiger partial charge in [-0.3, -0.25) is 9.59 Å². The van der Waals surface area contributed by atoms with Gasteiger partial charge < -0.3 is 15.6 Å². The summed E-state index contributed by atoms with van der Waals surface area (Å²) in [7, 11) is 1.43. The van der Waals surface area contributed by atoms with Crippen molar-refractivity contribution in [1.29, 1.82) is 0 Å². The van der Waals surface area contributed by atoms with Crippen LogP contribution in [-0.4, -0.2) is 30.4 Å². The zero-order valence-corrected chi connectivity index (χ0v) is 10.1. The number of aromatic nitrogens is 1. The first kappa shape index (κ1) is 12.2. The van der Waals surface area contributed by atoms with Crippen molar-refractivity contribution >= 4 is 22.7 Å². The average Bonchev–Trinajstić information content (AvgIpc) is 2.81. The normalized spacial score (nSPS) is 10.3. The molecule has 94 valence electrons. The Morgan fingerprint density at radius 2 is 2.00 bits per heavy atom. The standard InChI is InChI=1S/C13H15N3O2/c1-14-12(17)13(18)15-7-6-9-8-16-11-5-3-2-4-10(9)11/h2-5,8,16H,6-7H2,1H3,(H,14,17)(H,15,18). The number of likely N-dealkylation sites (N-methyl/N-ethyl adjacent to an activating group) is 1. The van der Waals surface area contributed by atoms with Gasteiger partial charge in [-0.05, 0) is 18.1 Å². The van der Waals surface area contributed by atoms with E-state index in [2.05, 4.69) is 15.6 Å². The van der Waals surface area contributed by atoms with Crippen molar-refractivity contribution in [3.8, 4) is 0 Å². The summed E-state index contributed by atoms with van der Waals surface area (Å²) in [5, 5.41) is 6.00. The second-order valence-electron chi connectivity index (χ2n) is 3.94. The van der Waals surface area contributed by atoms with Gasteiger partial charge in [0.05, 0.1) is 0 Å². The summed E-state index contributed by atoms with van der Waals surface area (Å²) in [6.45, 7) is 0.439. The Balaban J connectivity index is 1.95. The Kier molecular flexibility index (Phi) is 3.62. The summed E-state index contributed by atoms with van der Waals surface area (Å²) in [6, 6.07) is 7.97. The van der Waals surface area contributed by atoms with Crippen molar-refractivity contribution in [2.75, 3.05) is 13.6 Å². The lowest BCUT2D eigenvalue weighted by Gasteiger charge is -2.03. The van der Waals surface area contributed by atoms with Crippen LogP contribution >= 0.6 is 0 Å². The first-order chi connectivity index (χ1) is 8.72. The fraction of sp³-hybridized carbons (Fsp3) is 0.231. The van der Waals surface area contributed by atoms with E-state index >= 15 is 0 Å². The molecule has 0 saturated carbocycles. The van der Waals surface area contributed by atoms with E-state index in [4.69, 9.17) is 0 Å². The van der Waals surface area contributed by atoms with E-state index in [-0.39, 0.29) is 0 Å². The maximum absolute atomic E-state index is 11.2. The fourth-order valence-electron chi connectivity index (χ4n) is 1.84. The Morgan fingerprint density at radius 1 is 1.22 bits per heavy atom. The lowest BCUT2D eigenvalue weighted by molar-refractivity contribution is -0.138. The van der Waals surface area contributed by atoms with Gasteiger partial charge in [-0.15, -0.1) is 0 Å². The predicted molar refractivity (Wildman–Crippen MR) is 69.1 cm³/mol. The summed E-state index contributed by atoms with van der Waals surface area (Å²) >= 11 is 0. The third-order valence-corrected chi connectivity index (χ3v) is 2.79. The lowest BCUT2D eigenvalue weighted by Crippen LogP contribution is -2.38. The summed E-state index contributed by atoms with van der Waals surface area (Å²) < 4.78 is 0. The number of fused-ring (bicyclic) bond motifs is 1. The van der Waals surface area contributed by atoms with Gasteiger partial charge in [-0.2, -0.15) is 0 Å². The van der Waals surface area contributed by atoms with Crippen LogP contribution in [0.2, 0.25) is 0 Å². The highest BCUT2D eigenvalue weighted by Gasteiger charge is 2.10.